The van der Waals surface area contributed by atoms with Gasteiger partial charge in [-0.1, -0.05) is 0 Å². The van der Waals surface area contributed by atoms with Crippen LogP contribution in [-0.4, -0.2) is 50.0 Å². The van der Waals surface area contributed by atoms with Crippen molar-refractivity contribution in [2.75, 3.05) is 25.6 Å². The molecule has 0 amide bonds. The van der Waals surface area contributed by atoms with Crippen LogP contribution in [0, 0.1) is 0 Å². The maximum atomic E-state index is 11.1. The van der Waals surface area contributed by atoms with Gasteiger partial charge >= 0.3 is 5.97 Å². The minimum Gasteiger partial charge on any atom is -0.478 e. The summed E-state index contributed by atoms with van der Waals surface area (Å²) in [7, 11) is -1.12. The summed E-state index contributed by atoms with van der Waals surface area (Å²) in [6.45, 7) is 1.06. The lowest BCUT2D eigenvalue weighted by molar-refractivity contribution is -0.131. The summed E-state index contributed by atoms with van der Waals surface area (Å²) < 4.78 is 22.2. The van der Waals surface area contributed by atoms with Gasteiger partial charge in [0, 0.05) is 30.3 Å². The predicted molar refractivity (Wildman–Crippen MR) is 77.0 cm³/mol. The van der Waals surface area contributed by atoms with Crippen molar-refractivity contribution >= 4 is 33.2 Å². The van der Waals surface area contributed by atoms with E-state index >= 15 is 0 Å². The average molecular weight is 303 g/mol. The summed E-state index contributed by atoms with van der Waals surface area (Å²) in [6, 6.07) is 1.85. The molecule has 0 aliphatic carbocycles. The number of aliphatic carboxylic acids is 1. The zero-order valence-electron chi connectivity index (χ0n) is 10.9. The van der Waals surface area contributed by atoms with Crippen molar-refractivity contribution in [3.05, 3.63) is 28.0 Å². The zero-order valence-corrected chi connectivity index (χ0v) is 12.5. The molecule has 1 rings (SSSR count). The molecule has 19 heavy (non-hydrogen) atoms. The molecule has 5 nitrogen and oxygen atoms in total. The van der Waals surface area contributed by atoms with Crippen LogP contribution in [0.4, 0.5) is 0 Å². The van der Waals surface area contributed by atoms with Gasteiger partial charge in [0.15, 0.2) is 0 Å². The van der Waals surface area contributed by atoms with Crippen molar-refractivity contribution in [2.24, 2.45) is 0 Å². The fourth-order valence-corrected chi connectivity index (χ4v) is 3.02. The maximum Gasteiger partial charge on any atom is 0.328 e. The van der Waals surface area contributed by atoms with Crippen molar-refractivity contribution in [2.45, 2.75) is 6.54 Å². The average Bonchev–Trinajstić information content (AvgIpc) is 2.70. The first-order valence-corrected chi connectivity index (χ1v) is 8.55. The monoisotopic (exact) mass is 303 g/mol. The zero-order chi connectivity index (χ0) is 14.5. The number of carboxylic acid groups (broad SMARTS) is 1. The largest absolute Gasteiger partial charge is 0.478 e. The third-order valence-electron chi connectivity index (χ3n) is 2.44. The summed E-state index contributed by atoms with van der Waals surface area (Å²) in [5, 5.41) is 10.5. The number of sulfone groups is 1. The summed E-state index contributed by atoms with van der Waals surface area (Å²) in [5.74, 6) is -0.864. The summed E-state index contributed by atoms with van der Waals surface area (Å²) in [6.07, 6.45) is 3.87. The number of hydrogen-bond acceptors (Lipinski definition) is 5. The van der Waals surface area contributed by atoms with E-state index in [0.717, 1.165) is 16.5 Å². The lowest BCUT2D eigenvalue weighted by atomic mass is 10.2. The van der Waals surface area contributed by atoms with Crippen LogP contribution in [0.25, 0.3) is 6.08 Å². The Labute approximate surface area is 117 Å². The Morgan fingerprint density at radius 2 is 2.21 bits per heavy atom. The molecular weight excluding hydrogens is 286 g/mol. The quantitative estimate of drug-likeness (QED) is 0.769. The van der Waals surface area contributed by atoms with Gasteiger partial charge in [-0.15, -0.1) is 11.3 Å². The fourth-order valence-electron chi connectivity index (χ4n) is 1.43. The number of nitrogens with zero attached hydrogens (tertiary/aromatic N) is 1. The minimum atomic E-state index is -2.96. The van der Waals surface area contributed by atoms with Gasteiger partial charge in [0.2, 0.25) is 0 Å². The Hall–Kier alpha value is -1.18. The Morgan fingerprint density at radius 3 is 2.79 bits per heavy atom. The highest BCUT2D eigenvalue weighted by Crippen LogP contribution is 2.19. The molecule has 0 spiro atoms. The van der Waals surface area contributed by atoms with E-state index in [1.54, 1.807) is 6.08 Å². The number of carbonyl (C=O) groups is 1. The molecule has 0 aliphatic heterocycles. The van der Waals surface area contributed by atoms with E-state index in [1.807, 2.05) is 23.4 Å². The molecular formula is C12H17NO4S2. The van der Waals surface area contributed by atoms with E-state index in [4.69, 9.17) is 5.11 Å². The topological polar surface area (TPSA) is 74.7 Å². The third-order valence-corrected chi connectivity index (χ3v) is 4.29. The normalized spacial score (nSPS) is 12.4. The standard InChI is InChI=1S/C12H17NO4S2/c1-13(6-8-19(2,16)17)9-11-10(5-7-18-11)3-4-12(14)15/h3-5,7H,6,8-9H2,1-2H3,(H,14,15)/b4-3+. The molecule has 0 aromatic carbocycles. The van der Waals surface area contributed by atoms with Crippen LogP contribution in [0.2, 0.25) is 0 Å². The van der Waals surface area contributed by atoms with Gasteiger partial charge in [0.25, 0.3) is 0 Å². The van der Waals surface area contributed by atoms with Crippen LogP contribution in [0.1, 0.15) is 10.4 Å². The van der Waals surface area contributed by atoms with Crippen LogP contribution in [0.15, 0.2) is 17.5 Å². The van der Waals surface area contributed by atoms with Crippen LogP contribution >= 0.6 is 11.3 Å². The second-order valence-electron chi connectivity index (χ2n) is 4.34. The Kier molecular flexibility index (Phi) is 5.71. The summed E-state index contributed by atoms with van der Waals surface area (Å²) in [4.78, 5) is 13.4. The molecule has 106 valence electrons. The SMILES string of the molecule is CN(CCS(C)(=O)=O)Cc1sccc1/C=C/C(=O)O. The first-order valence-electron chi connectivity index (χ1n) is 5.61. The first kappa shape index (κ1) is 15.9. The van der Waals surface area contributed by atoms with E-state index in [9.17, 15) is 13.2 Å². The molecule has 0 saturated carbocycles. The smallest absolute Gasteiger partial charge is 0.328 e. The Balaban J connectivity index is 2.62. The highest BCUT2D eigenvalue weighted by molar-refractivity contribution is 7.90. The molecule has 1 aromatic heterocycles. The summed E-state index contributed by atoms with van der Waals surface area (Å²) >= 11 is 1.53. The van der Waals surface area contributed by atoms with Gasteiger partial charge in [-0.25, -0.2) is 13.2 Å². The second-order valence-corrected chi connectivity index (χ2v) is 7.60. The summed E-state index contributed by atoms with van der Waals surface area (Å²) in [5.41, 5.74) is 0.860. The van der Waals surface area contributed by atoms with Crippen molar-refractivity contribution < 1.29 is 18.3 Å². The number of rotatable bonds is 7. The van der Waals surface area contributed by atoms with Gasteiger partial charge < -0.3 is 10.0 Å². The molecule has 0 aliphatic rings. The number of thiophene rings is 1. The van der Waals surface area contributed by atoms with Crippen LogP contribution < -0.4 is 0 Å². The molecule has 0 radical (unpaired) electrons. The van der Waals surface area contributed by atoms with E-state index in [1.165, 1.54) is 17.6 Å². The van der Waals surface area contributed by atoms with Gasteiger partial charge in [0.05, 0.1) is 5.75 Å². The van der Waals surface area contributed by atoms with Crippen LogP contribution in [-0.2, 0) is 21.2 Å². The number of hydrogen-bond donors (Lipinski definition) is 1. The fraction of sp³-hybridized carbons (Fsp3) is 0.417. The molecule has 1 aromatic rings. The van der Waals surface area contributed by atoms with Crippen LogP contribution in [0.3, 0.4) is 0 Å². The van der Waals surface area contributed by atoms with Crippen LogP contribution in [0.5, 0.6) is 0 Å². The van der Waals surface area contributed by atoms with Gasteiger partial charge in [0.1, 0.15) is 9.84 Å². The predicted octanol–water partition coefficient (Wildman–Crippen LogP) is 1.32. The van der Waals surface area contributed by atoms with Gasteiger partial charge in [-0.3, -0.25) is 0 Å². The lowest BCUT2D eigenvalue weighted by Gasteiger charge is -2.15. The van der Waals surface area contributed by atoms with Crippen molar-refractivity contribution in [1.29, 1.82) is 0 Å². The third kappa shape index (κ3) is 6.51. The van der Waals surface area contributed by atoms with Gasteiger partial charge in [-0.05, 0) is 30.1 Å². The molecule has 7 heteroatoms. The van der Waals surface area contributed by atoms with E-state index in [2.05, 4.69) is 0 Å². The lowest BCUT2D eigenvalue weighted by Crippen LogP contribution is -2.24. The number of carboxylic acids is 1. The molecule has 0 saturated heterocycles. The van der Waals surface area contributed by atoms with E-state index < -0.39 is 15.8 Å². The second kappa shape index (κ2) is 6.83. The highest BCUT2D eigenvalue weighted by atomic mass is 32.2. The molecule has 0 fully saturated rings. The van der Waals surface area contributed by atoms with E-state index in [-0.39, 0.29) is 5.75 Å². The Morgan fingerprint density at radius 1 is 1.53 bits per heavy atom. The van der Waals surface area contributed by atoms with Crippen molar-refractivity contribution in [1.82, 2.24) is 4.90 Å². The molecule has 1 heterocycles. The maximum absolute atomic E-state index is 11.1. The molecule has 0 atom stereocenters. The van der Waals surface area contributed by atoms with Crippen molar-refractivity contribution in [3.63, 3.8) is 0 Å². The molecule has 0 bridgehead atoms. The molecule has 1 N–H and O–H groups in total. The Bertz CT molecular complexity index is 560. The van der Waals surface area contributed by atoms with Gasteiger partial charge in [-0.2, -0.15) is 0 Å². The first-order chi connectivity index (χ1) is 8.78. The van der Waals surface area contributed by atoms with Crippen molar-refractivity contribution in [3.8, 4) is 0 Å². The molecule has 0 unspecified atom stereocenters. The van der Waals surface area contributed by atoms with E-state index in [0.29, 0.717) is 13.1 Å². The minimum absolute atomic E-state index is 0.120. The highest BCUT2D eigenvalue weighted by Gasteiger charge is 2.09.